The summed E-state index contributed by atoms with van der Waals surface area (Å²) >= 11 is 0. The zero-order valence-electron chi connectivity index (χ0n) is 15.3. The topological polar surface area (TPSA) is 55.6 Å². The summed E-state index contributed by atoms with van der Waals surface area (Å²) in [6, 6.07) is 23.2. The Balaban J connectivity index is 1.68. The maximum Gasteiger partial charge on any atom is 0.270 e. The smallest absolute Gasteiger partial charge is 0.270 e. The Morgan fingerprint density at radius 3 is 2.57 bits per heavy atom. The van der Waals surface area contributed by atoms with Crippen LogP contribution in [0.3, 0.4) is 0 Å². The number of benzene rings is 3. The van der Waals surface area contributed by atoms with Gasteiger partial charge in [-0.15, -0.1) is 0 Å². The van der Waals surface area contributed by atoms with Crippen molar-refractivity contribution in [3.63, 3.8) is 0 Å². The minimum absolute atomic E-state index is 0.0608. The zero-order valence-corrected chi connectivity index (χ0v) is 15.3. The molecule has 2 unspecified atom stereocenters. The van der Waals surface area contributed by atoms with Crippen molar-refractivity contribution >= 4 is 23.1 Å². The number of hydrogen-bond donors (Lipinski definition) is 0. The molecule has 2 heterocycles. The summed E-state index contributed by atoms with van der Waals surface area (Å²) in [4.78, 5) is 12.9. The summed E-state index contributed by atoms with van der Waals surface area (Å²) < 4.78 is 6.59. The highest BCUT2D eigenvalue weighted by Crippen LogP contribution is 2.54. The summed E-state index contributed by atoms with van der Waals surface area (Å²) in [6.07, 6.45) is 3.96. The molecule has 0 amide bonds. The van der Waals surface area contributed by atoms with E-state index in [1.807, 2.05) is 42.5 Å². The molecule has 138 valence electrons. The molecule has 0 aromatic heterocycles. The summed E-state index contributed by atoms with van der Waals surface area (Å²) in [5, 5.41) is 11.1. The number of nitrogens with zero attached hydrogens (tertiary/aromatic N) is 2. The Morgan fingerprint density at radius 1 is 1.04 bits per heavy atom. The molecular formula is C23H18N2O3. The molecule has 2 aliphatic heterocycles. The van der Waals surface area contributed by atoms with E-state index in [1.54, 1.807) is 12.1 Å². The SMILES string of the molecule is CC1c2ccccc2N(c2ccccc2)C12C=Cc1cc([N+](=O)[O-])ccc1O2. The second-order valence-corrected chi connectivity index (χ2v) is 7.12. The number of nitro benzene ring substituents is 1. The van der Waals surface area contributed by atoms with Crippen molar-refractivity contribution in [1.29, 1.82) is 0 Å². The van der Waals surface area contributed by atoms with Crippen LogP contribution >= 0.6 is 0 Å². The minimum atomic E-state index is -0.728. The number of anilines is 2. The fraction of sp³-hybridized carbons (Fsp3) is 0.130. The van der Waals surface area contributed by atoms with E-state index in [-0.39, 0.29) is 16.5 Å². The molecule has 28 heavy (non-hydrogen) atoms. The molecule has 0 radical (unpaired) electrons. The van der Waals surface area contributed by atoms with Crippen LogP contribution in [0.4, 0.5) is 17.1 Å². The van der Waals surface area contributed by atoms with E-state index in [2.05, 4.69) is 36.1 Å². The van der Waals surface area contributed by atoms with E-state index >= 15 is 0 Å². The summed E-state index contributed by atoms with van der Waals surface area (Å²) in [5.74, 6) is 0.720. The largest absolute Gasteiger partial charge is 0.463 e. The maximum absolute atomic E-state index is 11.1. The molecule has 0 saturated heterocycles. The normalized spacial score (nSPS) is 21.9. The van der Waals surface area contributed by atoms with Gasteiger partial charge in [0.25, 0.3) is 5.69 Å². The number of non-ortho nitro benzene ring substituents is 1. The number of fused-ring (bicyclic) bond motifs is 2. The van der Waals surface area contributed by atoms with Crippen LogP contribution in [0.15, 0.2) is 78.9 Å². The van der Waals surface area contributed by atoms with Crippen molar-refractivity contribution in [3.8, 4) is 5.75 Å². The van der Waals surface area contributed by atoms with Gasteiger partial charge in [0, 0.05) is 35.0 Å². The third kappa shape index (κ3) is 2.26. The first-order valence-electron chi connectivity index (χ1n) is 9.21. The van der Waals surface area contributed by atoms with Gasteiger partial charge in [-0.25, -0.2) is 0 Å². The van der Waals surface area contributed by atoms with Gasteiger partial charge in [0.05, 0.1) is 4.92 Å². The lowest BCUT2D eigenvalue weighted by atomic mass is 9.90. The predicted octanol–water partition coefficient (Wildman–Crippen LogP) is 5.65. The van der Waals surface area contributed by atoms with Gasteiger partial charge in [0.15, 0.2) is 0 Å². The molecule has 0 fully saturated rings. The number of hydrogen-bond acceptors (Lipinski definition) is 4. The Labute approximate surface area is 162 Å². The summed E-state index contributed by atoms with van der Waals surface area (Å²) in [5.41, 5.74) is 3.40. The molecule has 2 aliphatic rings. The van der Waals surface area contributed by atoms with E-state index in [4.69, 9.17) is 4.74 Å². The van der Waals surface area contributed by atoms with Crippen LogP contribution in [0.2, 0.25) is 0 Å². The van der Waals surface area contributed by atoms with E-state index in [1.165, 1.54) is 11.6 Å². The van der Waals surface area contributed by atoms with Crippen LogP contribution in [0.25, 0.3) is 6.08 Å². The third-order valence-electron chi connectivity index (χ3n) is 5.61. The summed E-state index contributed by atoms with van der Waals surface area (Å²) in [7, 11) is 0. The van der Waals surface area contributed by atoms with Gasteiger partial charge in [-0.05, 0) is 42.0 Å². The highest BCUT2D eigenvalue weighted by atomic mass is 16.6. The molecule has 0 aliphatic carbocycles. The second kappa shape index (κ2) is 5.96. The molecule has 2 atom stereocenters. The molecule has 5 nitrogen and oxygen atoms in total. The van der Waals surface area contributed by atoms with Crippen molar-refractivity contribution in [1.82, 2.24) is 0 Å². The van der Waals surface area contributed by atoms with E-state index in [0.717, 1.165) is 16.9 Å². The number of ether oxygens (including phenoxy) is 1. The predicted molar refractivity (Wildman–Crippen MR) is 109 cm³/mol. The average molecular weight is 370 g/mol. The fourth-order valence-corrected chi connectivity index (χ4v) is 4.22. The molecule has 0 N–H and O–H groups in total. The minimum Gasteiger partial charge on any atom is -0.463 e. The van der Waals surface area contributed by atoms with Gasteiger partial charge >= 0.3 is 0 Å². The van der Waals surface area contributed by atoms with Crippen molar-refractivity contribution in [2.45, 2.75) is 18.6 Å². The van der Waals surface area contributed by atoms with E-state index in [9.17, 15) is 10.1 Å². The van der Waals surface area contributed by atoms with Gasteiger partial charge in [-0.3, -0.25) is 15.0 Å². The van der Waals surface area contributed by atoms with Crippen molar-refractivity contribution in [2.75, 3.05) is 4.90 Å². The van der Waals surface area contributed by atoms with Gasteiger partial charge in [0.1, 0.15) is 5.75 Å². The van der Waals surface area contributed by atoms with Crippen molar-refractivity contribution < 1.29 is 9.66 Å². The third-order valence-corrected chi connectivity index (χ3v) is 5.61. The lowest BCUT2D eigenvalue weighted by Crippen LogP contribution is -2.50. The van der Waals surface area contributed by atoms with Gasteiger partial charge in [0.2, 0.25) is 5.72 Å². The van der Waals surface area contributed by atoms with Crippen LogP contribution in [-0.2, 0) is 0 Å². The Kier molecular flexibility index (Phi) is 3.52. The lowest BCUT2D eigenvalue weighted by Gasteiger charge is -2.42. The second-order valence-electron chi connectivity index (χ2n) is 7.12. The maximum atomic E-state index is 11.1. The first-order valence-corrected chi connectivity index (χ1v) is 9.21. The van der Waals surface area contributed by atoms with Crippen molar-refractivity contribution in [2.24, 2.45) is 0 Å². The highest BCUT2D eigenvalue weighted by Gasteiger charge is 2.52. The molecule has 3 aromatic rings. The van der Waals surface area contributed by atoms with Gasteiger partial charge < -0.3 is 4.74 Å². The first-order chi connectivity index (χ1) is 13.6. The summed E-state index contributed by atoms with van der Waals surface area (Å²) in [6.45, 7) is 2.16. The molecular weight excluding hydrogens is 352 g/mol. The Hall–Kier alpha value is -3.60. The van der Waals surface area contributed by atoms with Crippen molar-refractivity contribution in [3.05, 3.63) is 100 Å². The van der Waals surface area contributed by atoms with E-state index < -0.39 is 5.72 Å². The molecule has 0 saturated carbocycles. The fourth-order valence-electron chi connectivity index (χ4n) is 4.22. The lowest BCUT2D eigenvalue weighted by molar-refractivity contribution is -0.384. The first kappa shape index (κ1) is 16.6. The quantitative estimate of drug-likeness (QED) is 0.432. The molecule has 0 bridgehead atoms. The monoisotopic (exact) mass is 370 g/mol. The number of rotatable bonds is 2. The van der Waals surface area contributed by atoms with Crippen LogP contribution in [0, 0.1) is 10.1 Å². The zero-order chi connectivity index (χ0) is 19.3. The van der Waals surface area contributed by atoms with Crippen LogP contribution in [0.5, 0.6) is 5.75 Å². The van der Waals surface area contributed by atoms with Crippen LogP contribution in [-0.4, -0.2) is 10.6 Å². The Bertz CT molecular complexity index is 1110. The number of para-hydroxylation sites is 2. The van der Waals surface area contributed by atoms with Crippen LogP contribution in [0.1, 0.15) is 24.0 Å². The highest BCUT2D eigenvalue weighted by molar-refractivity contribution is 5.78. The molecule has 5 rings (SSSR count). The van der Waals surface area contributed by atoms with Crippen LogP contribution < -0.4 is 9.64 Å². The molecule has 1 spiro atoms. The molecule has 3 aromatic carbocycles. The van der Waals surface area contributed by atoms with Gasteiger partial charge in [-0.2, -0.15) is 0 Å². The van der Waals surface area contributed by atoms with E-state index in [0.29, 0.717) is 5.75 Å². The average Bonchev–Trinajstić information content (AvgIpc) is 2.96. The standard InChI is InChI=1S/C23H18N2O3/c1-16-20-9-5-6-10-21(20)24(18-7-3-2-4-8-18)23(16)14-13-17-15-19(25(26)27)11-12-22(17)28-23/h2-16H,1H3. The Morgan fingerprint density at radius 2 is 1.79 bits per heavy atom. The van der Waals surface area contributed by atoms with Gasteiger partial charge in [-0.1, -0.05) is 43.3 Å². The number of nitro groups is 1. The molecule has 5 heteroatoms.